The van der Waals surface area contributed by atoms with Crippen molar-refractivity contribution in [1.29, 1.82) is 0 Å². The number of hydrogen-bond donors (Lipinski definition) is 0. The minimum Gasteiger partial charge on any atom is -0.297 e. The fourth-order valence-corrected chi connectivity index (χ4v) is 4.22. The molecule has 0 aromatic carbocycles. The summed E-state index contributed by atoms with van der Waals surface area (Å²) in [5, 5.41) is 13.7. The Morgan fingerprint density at radius 1 is 1.12 bits per heavy atom. The quantitative estimate of drug-likeness (QED) is 0.721. The van der Waals surface area contributed by atoms with Crippen LogP contribution in [0, 0.1) is 6.92 Å². The van der Waals surface area contributed by atoms with E-state index >= 15 is 0 Å². The van der Waals surface area contributed by atoms with Crippen LogP contribution >= 0.6 is 0 Å². The van der Waals surface area contributed by atoms with Crippen molar-refractivity contribution < 1.29 is 0 Å². The maximum atomic E-state index is 4.85. The first kappa shape index (κ1) is 15.8. The van der Waals surface area contributed by atoms with Gasteiger partial charge in [-0.2, -0.15) is 9.61 Å². The fraction of sp³-hybridized carbons (Fsp3) is 0.526. The molecule has 1 aliphatic carbocycles. The van der Waals surface area contributed by atoms with Gasteiger partial charge in [-0.25, -0.2) is 0 Å². The molecule has 0 saturated carbocycles. The molecule has 26 heavy (non-hydrogen) atoms. The molecule has 134 valence electrons. The summed E-state index contributed by atoms with van der Waals surface area (Å²) in [4.78, 5) is 11.3. The third-order valence-electron chi connectivity index (χ3n) is 5.59. The summed E-state index contributed by atoms with van der Waals surface area (Å²) in [7, 11) is 0. The van der Waals surface area contributed by atoms with E-state index in [1.165, 1.54) is 17.7 Å². The average molecular weight is 349 g/mol. The van der Waals surface area contributed by atoms with E-state index in [0.29, 0.717) is 5.92 Å². The van der Waals surface area contributed by atoms with E-state index in [1.54, 1.807) is 6.20 Å². The summed E-state index contributed by atoms with van der Waals surface area (Å²) in [6.07, 6.45) is 9.25. The van der Waals surface area contributed by atoms with Crippen molar-refractivity contribution in [3.63, 3.8) is 0 Å². The zero-order chi connectivity index (χ0) is 17.5. The first-order valence-corrected chi connectivity index (χ1v) is 9.50. The zero-order valence-corrected chi connectivity index (χ0v) is 15.1. The van der Waals surface area contributed by atoms with Gasteiger partial charge in [0.05, 0.1) is 17.1 Å². The summed E-state index contributed by atoms with van der Waals surface area (Å²) in [5.41, 5.74) is 5.51. The Bertz CT molecular complexity index is 940. The molecule has 0 amide bonds. The molecule has 0 N–H and O–H groups in total. The van der Waals surface area contributed by atoms with Gasteiger partial charge in [0.25, 0.3) is 0 Å². The van der Waals surface area contributed by atoms with Crippen molar-refractivity contribution in [2.75, 3.05) is 13.1 Å². The lowest BCUT2D eigenvalue weighted by molar-refractivity contribution is 0.198. The second-order valence-corrected chi connectivity index (χ2v) is 7.50. The van der Waals surface area contributed by atoms with Crippen LogP contribution in [0.15, 0.2) is 18.5 Å². The number of piperidine rings is 1. The van der Waals surface area contributed by atoms with Crippen LogP contribution in [0.2, 0.25) is 0 Å². The molecule has 0 spiro atoms. The normalized spacial score (nSPS) is 18.5. The average Bonchev–Trinajstić information content (AvgIpc) is 3.26. The van der Waals surface area contributed by atoms with Crippen LogP contribution < -0.4 is 0 Å². The van der Waals surface area contributed by atoms with Gasteiger partial charge in [-0.1, -0.05) is 0 Å². The standard InChI is InChI=1S/C19H23N7/c1-13-10-20-11-16(21-13)12-25-7-5-14(6-8-25)19-23-22-18-9-15-3-2-4-17(15)24-26(18)19/h9-11,14H,2-8,12H2,1H3. The van der Waals surface area contributed by atoms with Crippen LogP contribution in [0.5, 0.6) is 0 Å². The van der Waals surface area contributed by atoms with Crippen molar-refractivity contribution in [3.8, 4) is 0 Å². The van der Waals surface area contributed by atoms with Crippen LogP contribution in [0.25, 0.3) is 5.65 Å². The van der Waals surface area contributed by atoms with Crippen LogP contribution in [-0.2, 0) is 19.4 Å². The molecule has 0 atom stereocenters. The van der Waals surface area contributed by atoms with Crippen LogP contribution in [0.3, 0.4) is 0 Å². The molecule has 1 aliphatic heterocycles. The molecule has 3 aromatic rings. The third kappa shape index (κ3) is 2.86. The molecular formula is C19H23N7. The van der Waals surface area contributed by atoms with E-state index < -0.39 is 0 Å². The highest BCUT2D eigenvalue weighted by Crippen LogP contribution is 2.28. The maximum absolute atomic E-state index is 4.85. The van der Waals surface area contributed by atoms with Gasteiger partial charge in [-0.05, 0) is 63.7 Å². The second-order valence-electron chi connectivity index (χ2n) is 7.50. The Morgan fingerprint density at radius 3 is 2.85 bits per heavy atom. The molecule has 7 heteroatoms. The summed E-state index contributed by atoms with van der Waals surface area (Å²) in [6.45, 7) is 4.94. The van der Waals surface area contributed by atoms with E-state index in [4.69, 9.17) is 5.10 Å². The maximum Gasteiger partial charge on any atom is 0.178 e. The van der Waals surface area contributed by atoms with Crippen LogP contribution in [0.4, 0.5) is 0 Å². The molecule has 1 saturated heterocycles. The van der Waals surface area contributed by atoms with E-state index in [-0.39, 0.29) is 0 Å². The smallest absolute Gasteiger partial charge is 0.178 e. The van der Waals surface area contributed by atoms with Gasteiger partial charge in [-0.3, -0.25) is 14.9 Å². The zero-order valence-electron chi connectivity index (χ0n) is 15.1. The van der Waals surface area contributed by atoms with E-state index in [0.717, 1.165) is 68.2 Å². The molecule has 0 unspecified atom stereocenters. The molecule has 3 aromatic heterocycles. The van der Waals surface area contributed by atoms with E-state index in [9.17, 15) is 0 Å². The van der Waals surface area contributed by atoms with Crippen molar-refractivity contribution in [3.05, 3.63) is 46.9 Å². The second kappa shape index (κ2) is 6.39. The van der Waals surface area contributed by atoms with Gasteiger partial charge >= 0.3 is 0 Å². The monoisotopic (exact) mass is 349 g/mol. The Hall–Kier alpha value is -2.41. The Kier molecular flexibility index (Phi) is 3.89. The predicted molar refractivity (Wildman–Crippen MR) is 96.8 cm³/mol. The molecule has 1 fully saturated rings. The minimum atomic E-state index is 0.428. The number of nitrogens with zero attached hydrogens (tertiary/aromatic N) is 7. The Labute approximate surface area is 152 Å². The number of rotatable bonds is 3. The SMILES string of the molecule is Cc1cncc(CN2CCC(c3nnc4cc5c(nn34)CCC5)CC2)n1. The minimum absolute atomic E-state index is 0.428. The van der Waals surface area contributed by atoms with Gasteiger partial charge < -0.3 is 0 Å². The number of fused-ring (bicyclic) bond motifs is 2. The van der Waals surface area contributed by atoms with E-state index in [2.05, 4.69) is 31.1 Å². The topological polar surface area (TPSA) is 72.1 Å². The largest absolute Gasteiger partial charge is 0.297 e. The summed E-state index contributed by atoms with van der Waals surface area (Å²) in [5.74, 6) is 1.46. The predicted octanol–water partition coefficient (Wildman–Crippen LogP) is 2.09. The highest BCUT2D eigenvalue weighted by Gasteiger charge is 2.26. The molecule has 0 bridgehead atoms. The van der Waals surface area contributed by atoms with Gasteiger partial charge in [0.15, 0.2) is 11.5 Å². The van der Waals surface area contributed by atoms with Gasteiger partial charge in [0, 0.05) is 24.9 Å². The number of likely N-dealkylation sites (tertiary alicyclic amines) is 1. The lowest BCUT2D eigenvalue weighted by atomic mass is 9.96. The Morgan fingerprint density at radius 2 is 2.00 bits per heavy atom. The summed E-state index contributed by atoms with van der Waals surface area (Å²) < 4.78 is 2.00. The van der Waals surface area contributed by atoms with E-state index in [1.807, 2.05) is 17.6 Å². The summed E-state index contributed by atoms with van der Waals surface area (Å²) in [6, 6.07) is 2.18. The Balaban J connectivity index is 1.30. The molecule has 2 aliphatic rings. The number of hydrogen-bond acceptors (Lipinski definition) is 6. The van der Waals surface area contributed by atoms with Crippen molar-refractivity contribution in [1.82, 2.24) is 34.7 Å². The first-order valence-electron chi connectivity index (χ1n) is 9.50. The van der Waals surface area contributed by atoms with Gasteiger partial charge in [0.1, 0.15) is 0 Å². The van der Waals surface area contributed by atoms with Gasteiger partial charge in [0.2, 0.25) is 0 Å². The lowest BCUT2D eigenvalue weighted by Crippen LogP contribution is -2.33. The van der Waals surface area contributed by atoms with Crippen molar-refractivity contribution in [2.24, 2.45) is 0 Å². The van der Waals surface area contributed by atoms with Crippen molar-refractivity contribution in [2.45, 2.75) is 51.5 Å². The fourth-order valence-electron chi connectivity index (χ4n) is 4.22. The van der Waals surface area contributed by atoms with Crippen LogP contribution in [-0.4, -0.2) is 47.8 Å². The van der Waals surface area contributed by atoms with Crippen molar-refractivity contribution >= 4 is 5.65 Å². The third-order valence-corrected chi connectivity index (χ3v) is 5.59. The van der Waals surface area contributed by atoms with Gasteiger partial charge in [-0.15, -0.1) is 10.2 Å². The molecular weight excluding hydrogens is 326 g/mol. The lowest BCUT2D eigenvalue weighted by Gasteiger charge is -2.30. The molecule has 5 rings (SSSR count). The number of aryl methyl sites for hydroxylation is 3. The molecule has 4 heterocycles. The highest BCUT2D eigenvalue weighted by atomic mass is 15.4. The first-order chi connectivity index (χ1) is 12.8. The molecule has 7 nitrogen and oxygen atoms in total. The molecule has 0 radical (unpaired) electrons. The number of aromatic nitrogens is 6. The van der Waals surface area contributed by atoms with Crippen LogP contribution in [0.1, 0.15) is 53.7 Å². The highest BCUT2D eigenvalue weighted by molar-refractivity contribution is 5.43. The summed E-state index contributed by atoms with van der Waals surface area (Å²) >= 11 is 0.